The van der Waals surface area contributed by atoms with Gasteiger partial charge in [0.1, 0.15) is 0 Å². The van der Waals surface area contributed by atoms with Crippen LogP contribution in [0.2, 0.25) is 0 Å². The van der Waals surface area contributed by atoms with Crippen molar-refractivity contribution in [1.29, 1.82) is 0 Å². The largest absolute Gasteiger partial charge is 0.375 e. The summed E-state index contributed by atoms with van der Waals surface area (Å²) >= 11 is 1.62. The standard InChI is InChI=1S/C13H23N3S.ClH/c1-10(2)11-4-3-6-16(7-5-11)9-12-8-15-13(14)17-12;/h8,10-11H,3-7,9H2,1-2H3,(H2,14,15);1H. The van der Waals surface area contributed by atoms with Gasteiger partial charge in [0.2, 0.25) is 0 Å². The van der Waals surface area contributed by atoms with Crippen LogP contribution in [0.15, 0.2) is 6.20 Å². The first-order valence-electron chi connectivity index (χ1n) is 6.57. The average molecular weight is 290 g/mol. The van der Waals surface area contributed by atoms with Gasteiger partial charge in [0.15, 0.2) is 5.13 Å². The quantitative estimate of drug-likeness (QED) is 0.927. The van der Waals surface area contributed by atoms with Crippen LogP contribution in [0.4, 0.5) is 5.13 Å². The van der Waals surface area contributed by atoms with Crippen molar-refractivity contribution in [2.24, 2.45) is 11.8 Å². The molecule has 1 aliphatic heterocycles. The number of nitrogens with two attached hydrogens (primary N) is 1. The molecule has 1 aromatic rings. The molecule has 0 bridgehead atoms. The van der Waals surface area contributed by atoms with Crippen LogP contribution in [0, 0.1) is 11.8 Å². The van der Waals surface area contributed by atoms with Crippen molar-refractivity contribution >= 4 is 28.9 Å². The Hall–Kier alpha value is -0.320. The SMILES string of the molecule is CC(C)C1CCCN(Cc2cnc(N)s2)CC1.Cl. The molecule has 0 aromatic carbocycles. The van der Waals surface area contributed by atoms with Crippen LogP contribution < -0.4 is 5.73 Å². The smallest absolute Gasteiger partial charge is 0.180 e. The number of nitrogens with zero attached hydrogens (tertiary/aromatic N) is 2. The van der Waals surface area contributed by atoms with E-state index in [9.17, 15) is 0 Å². The zero-order valence-corrected chi connectivity index (χ0v) is 12.9. The predicted octanol–water partition coefficient (Wildman–Crippen LogP) is 3.41. The molecule has 0 radical (unpaired) electrons. The van der Waals surface area contributed by atoms with Gasteiger partial charge in [-0.05, 0) is 44.2 Å². The predicted molar refractivity (Wildman–Crippen MR) is 81.2 cm³/mol. The molecule has 0 amide bonds. The molecule has 0 saturated carbocycles. The molecule has 0 aliphatic carbocycles. The van der Waals surface area contributed by atoms with Crippen LogP contribution >= 0.6 is 23.7 Å². The lowest BCUT2D eigenvalue weighted by Gasteiger charge is -2.20. The number of hydrogen-bond donors (Lipinski definition) is 1. The molecule has 1 fully saturated rings. The van der Waals surface area contributed by atoms with Gasteiger partial charge in [0.05, 0.1) is 0 Å². The van der Waals surface area contributed by atoms with Crippen LogP contribution in [0.3, 0.4) is 0 Å². The number of likely N-dealkylation sites (tertiary alicyclic amines) is 1. The molecule has 1 atom stereocenters. The summed E-state index contributed by atoms with van der Waals surface area (Å²) in [5.41, 5.74) is 5.67. The van der Waals surface area contributed by atoms with E-state index in [4.69, 9.17) is 5.73 Å². The molecule has 1 aromatic heterocycles. The summed E-state index contributed by atoms with van der Waals surface area (Å²) in [6, 6.07) is 0. The number of halogens is 1. The first-order valence-corrected chi connectivity index (χ1v) is 7.39. The maximum atomic E-state index is 5.67. The van der Waals surface area contributed by atoms with Crippen molar-refractivity contribution in [1.82, 2.24) is 9.88 Å². The van der Waals surface area contributed by atoms with E-state index in [0.29, 0.717) is 5.13 Å². The highest BCUT2D eigenvalue weighted by Crippen LogP contribution is 2.26. The monoisotopic (exact) mass is 289 g/mol. The second kappa shape index (κ2) is 7.31. The van der Waals surface area contributed by atoms with Crippen molar-refractivity contribution in [3.63, 3.8) is 0 Å². The maximum absolute atomic E-state index is 5.67. The minimum atomic E-state index is 0. The van der Waals surface area contributed by atoms with Crippen molar-refractivity contribution in [3.8, 4) is 0 Å². The Morgan fingerprint density at radius 3 is 2.83 bits per heavy atom. The van der Waals surface area contributed by atoms with Crippen LogP contribution in [0.1, 0.15) is 38.0 Å². The second-order valence-electron chi connectivity index (χ2n) is 5.38. The number of rotatable bonds is 3. The molecule has 3 nitrogen and oxygen atoms in total. The minimum absolute atomic E-state index is 0. The molecule has 2 rings (SSSR count). The number of thiazole rings is 1. The Morgan fingerprint density at radius 2 is 2.22 bits per heavy atom. The van der Waals surface area contributed by atoms with Crippen molar-refractivity contribution in [2.75, 3.05) is 18.8 Å². The van der Waals surface area contributed by atoms with E-state index in [1.54, 1.807) is 11.3 Å². The highest BCUT2D eigenvalue weighted by atomic mass is 35.5. The summed E-state index contributed by atoms with van der Waals surface area (Å²) in [6.45, 7) is 8.18. The molecule has 1 aliphatic rings. The van der Waals surface area contributed by atoms with Gasteiger partial charge in [-0.25, -0.2) is 4.98 Å². The topological polar surface area (TPSA) is 42.2 Å². The molecule has 104 valence electrons. The number of anilines is 1. The lowest BCUT2D eigenvalue weighted by molar-refractivity contribution is 0.266. The van der Waals surface area contributed by atoms with E-state index in [-0.39, 0.29) is 12.4 Å². The molecule has 18 heavy (non-hydrogen) atoms. The fourth-order valence-corrected chi connectivity index (χ4v) is 3.35. The highest BCUT2D eigenvalue weighted by molar-refractivity contribution is 7.15. The Labute approximate surface area is 120 Å². The normalized spacial score (nSPS) is 21.6. The van der Waals surface area contributed by atoms with Gasteiger partial charge >= 0.3 is 0 Å². The average Bonchev–Trinajstić information content (AvgIpc) is 2.54. The first kappa shape index (κ1) is 15.7. The molecular formula is C13H24ClN3S. The highest BCUT2D eigenvalue weighted by Gasteiger charge is 2.19. The van der Waals surface area contributed by atoms with Gasteiger partial charge in [0.25, 0.3) is 0 Å². The van der Waals surface area contributed by atoms with E-state index < -0.39 is 0 Å². The number of aromatic nitrogens is 1. The van der Waals surface area contributed by atoms with Gasteiger partial charge in [0, 0.05) is 17.6 Å². The number of nitrogen functional groups attached to an aromatic ring is 1. The molecule has 0 spiro atoms. The Bertz CT molecular complexity index is 354. The summed E-state index contributed by atoms with van der Waals surface area (Å²) in [4.78, 5) is 7.97. The lowest BCUT2D eigenvalue weighted by atomic mass is 9.89. The van der Waals surface area contributed by atoms with Crippen LogP contribution in [0.25, 0.3) is 0 Å². The van der Waals surface area contributed by atoms with Gasteiger partial charge in [-0.1, -0.05) is 13.8 Å². The zero-order chi connectivity index (χ0) is 12.3. The Balaban J connectivity index is 0.00000162. The van der Waals surface area contributed by atoms with Gasteiger partial charge in [-0.15, -0.1) is 23.7 Å². The van der Waals surface area contributed by atoms with E-state index >= 15 is 0 Å². The lowest BCUT2D eigenvalue weighted by Crippen LogP contribution is -2.24. The van der Waals surface area contributed by atoms with E-state index in [0.717, 1.165) is 18.4 Å². The zero-order valence-electron chi connectivity index (χ0n) is 11.3. The first-order chi connectivity index (χ1) is 8.15. The summed E-state index contributed by atoms with van der Waals surface area (Å²) in [6.07, 6.45) is 5.98. The van der Waals surface area contributed by atoms with E-state index in [1.165, 1.54) is 37.2 Å². The van der Waals surface area contributed by atoms with Crippen LogP contribution in [-0.2, 0) is 6.54 Å². The minimum Gasteiger partial charge on any atom is -0.375 e. The fraction of sp³-hybridized carbons (Fsp3) is 0.769. The van der Waals surface area contributed by atoms with Gasteiger partial charge in [-0.2, -0.15) is 0 Å². The molecule has 1 unspecified atom stereocenters. The second-order valence-corrected chi connectivity index (χ2v) is 6.52. The third kappa shape index (κ3) is 4.41. The third-order valence-corrected chi connectivity index (χ3v) is 4.57. The molecule has 1 saturated heterocycles. The van der Waals surface area contributed by atoms with Gasteiger partial charge < -0.3 is 5.73 Å². The summed E-state index contributed by atoms with van der Waals surface area (Å²) in [7, 11) is 0. The Kier molecular flexibility index (Phi) is 6.39. The van der Waals surface area contributed by atoms with Crippen molar-refractivity contribution < 1.29 is 0 Å². The van der Waals surface area contributed by atoms with Crippen LogP contribution in [0.5, 0.6) is 0 Å². The van der Waals surface area contributed by atoms with Crippen molar-refractivity contribution in [2.45, 2.75) is 39.7 Å². The fourth-order valence-electron chi connectivity index (χ4n) is 2.62. The van der Waals surface area contributed by atoms with Gasteiger partial charge in [-0.3, -0.25) is 4.90 Å². The summed E-state index contributed by atoms with van der Waals surface area (Å²) < 4.78 is 0. The van der Waals surface area contributed by atoms with E-state index in [2.05, 4.69) is 23.7 Å². The number of hydrogen-bond acceptors (Lipinski definition) is 4. The Morgan fingerprint density at radius 1 is 1.44 bits per heavy atom. The maximum Gasteiger partial charge on any atom is 0.180 e. The van der Waals surface area contributed by atoms with Crippen molar-refractivity contribution in [3.05, 3.63) is 11.1 Å². The molecule has 2 heterocycles. The summed E-state index contributed by atoms with van der Waals surface area (Å²) in [5, 5.41) is 0.690. The van der Waals surface area contributed by atoms with E-state index in [1.807, 2.05) is 6.20 Å². The molecule has 5 heteroatoms. The third-order valence-electron chi connectivity index (χ3n) is 3.76. The van der Waals surface area contributed by atoms with Crippen LogP contribution in [-0.4, -0.2) is 23.0 Å². The summed E-state index contributed by atoms with van der Waals surface area (Å²) in [5.74, 6) is 1.74. The molecular weight excluding hydrogens is 266 g/mol. The molecule has 2 N–H and O–H groups in total.